The molecule has 0 amide bonds. The highest BCUT2D eigenvalue weighted by Crippen LogP contribution is 2.32. The molecule has 2 rings (SSSR count). The van der Waals surface area contributed by atoms with E-state index in [0.717, 1.165) is 24.0 Å². The van der Waals surface area contributed by atoms with Gasteiger partial charge in [-0.3, -0.25) is 0 Å². The molecule has 1 aliphatic carbocycles. The fourth-order valence-electron chi connectivity index (χ4n) is 2.52. The van der Waals surface area contributed by atoms with Crippen molar-refractivity contribution in [1.29, 1.82) is 0 Å². The van der Waals surface area contributed by atoms with Crippen molar-refractivity contribution in [3.8, 4) is 11.5 Å². The molecule has 0 radical (unpaired) electrons. The van der Waals surface area contributed by atoms with Crippen LogP contribution < -0.4 is 14.8 Å². The molecule has 0 aromatic heterocycles. The van der Waals surface area contributed by atoms with Crippen LogP contribution in [0.2, 0.25) is 0 Å². The molecular weight excluding hydrogens is 226 g/mol. The molecule has 3 nitrogen and oxygen atoms in total. The summed E-state index contributed by atoms with van der Waals surface area (Å²) in [4.78, 5) is 0. The zero-order valence-corrected chi connectivity index (χ0v) is 11.5. The molecule has 3 heteroatoms. The fourth-order valence-corrected chi connectivity index (χ4v) is 2.52. The second kappa shape index (κ2) is 6.10. The van der Waals surface area contributed by atoms with Crippen molar-refractivity contribution in [3.05, 3.63) is 23.8 Å². The van der Waals surface area contributed by atoms with E-state index < -0.39 is 0 Å². The summed E-state index contributed by atoms with van der Waals surface area (Å²) in [6.07, 6.45) is 2.57. The Morgan fingerprint density at radius 1 is 1.33 bits per heavy atom. The first-order chi connectivity index (χ1) is 8.74. The molecule has 0 unspecified atom stereocenters. The maximum absolute atomic E-state index is 5.58. The van der Waals surface area contributed by atoms with E-state index in [9.17, 15) is 0 Å². The number of methoxy groups -OCH3 is 1. The third kappa shape index (κ3) is 2.96. The average Bonchev–Trinajstić information content (AvgIpc) is 2.34. The molecule has 0 heterocycles. The third-order valence-electron chi connectivity index (χ3n) is 3.52. The number of hydrogen-bond acceptors (Lipinski definition) is 3. The predicted octanol–water partition coefficient (Wildman–Crippen LogP) is 2.98. The summed E-state index contributed by atoms with van der Waals surface area (Å²) in [5.41, 5.74) is 1.17. The average molecular weight is 249 g/mol. The number of benzene rings is 1. The largest absolute Gasteiger partial charge is 0.493 e. The van der Waals surface area contributed by atoms with Crippen LogP contribution in [0.15, 0.2) is 18.2 Å². The van der Waals surface area contributed by atoms with Crippen LogP contribution in [0.25, 0.3) is 0 Å². The van der Waals surface area contributed by atoms with Crippen molar-refractivity contribution >= 4 is 0 Å². The van der Waals surface area contributed by atoms with Crippen molar-refractivity contribution in [2.24, 2.45) is 5.92 Å². The van der Waals surface area contributed by atoms with Gasteiger partial charge in [0, 0.05) is 18.2 Å². The quantitative estimate of drug-likeness (QED) is 0.840. The summed E-state index contributed by atoms with van der Waals surface area (Å²) in [5.74, 6) is 2.57. The van der Waals surface area contributed by atoms with Crippen molar-refractivity contribution in [2.45, 2.75) is 39.3 Å². The first kappa shape index (κ1) is 13.2. The van der Waals surface area contributed by atoms with Crippen LogP contribution in [0.1, 0.15) is 32.3 Å². The lowest BCUT2D eigenvalue weighted by molar-refractivity contribution is 0.239. The molecule has 0 aliphatic heterocycles. The number of ether oxygens (including phenoxy) is 2. The Morgan fingerprint density at radius 3 is 2.72 bits per heavy atom. The molecule has 18 heavy (non-hydrogen) atoms. The van der Waals surface area contributed by atoms with E-state index in [4.69, 9.17) is 9.47 Å². The van der Waals surface area contributed by atoms with Gasteiger partial charge < -0.3 is 14.8 Å². The van der Waals surface area contributed by atoms with E-state index in [1.807, 2.05) is 19.1 Å². The van der Waals surface area contributed by atoms with Gasteiger partial charge in [0.05, 0.1) is 13.7 Å². The Kier molecular flexibility index (Phi) is 4.48. The molecule has 1 aromatic carbocycles. The maximum atomic E-state index is 5.58. The monoisotopic (exact) mass is 249 g/mol. The number of nitrogens with one attached hydrogen (secondary N) is 1. The molecule has 1 aromatic rings. The summed E-state index contributed by atoms with van der Waals surface area (Å²) >= 11 is 0. The van der Waals surface area contributed by atoms with Gasteiger partial charge in [0.2, 0.25) is 0 Å². The van der Waals surface area contributed by atoms with Crippen LogP contribution >= 0.6 is 0 Å². The molecule has 1 fully saturated rings. The standard InChI is InChI=1S/C15H23NO2/c1-4-18-14-7-5-6-12(15(14)17-3)10-16-13-8-11(2)9-13/h5-7,11,13,16H,4,8-10H2,1-3H3. The van der Waals surface area contributed by atoms with Crippen LogP contribution in [0, 0.1) is 5.92 Å². The first-order valence-corrected chi connectivity index (χ1v) is 6.76. The minimum atomic E-state index is 0.660. The van der Waals surface area contributed by atoms with Gasteiger partial charge in [-0.05, 0) is 31.7 Å². The lowest BCUT2D eigenvalue weighted by Gasteiger charge is -2.33. The zero-order chi connectivity index (χ0) is 13.0. The highest BCUT2D eigenvalue weighted by atomic mass is 16.5. The smallest absolute Gasteiger partial charge is 0.165 e. The number of hydrogen-bond donors (Lipinski definition) is 1. The van der Waals surface area contributed by atoms with Crippen LogP contribution in [0.4, 0.5) is 0 Å². The topological polar surface area (TPSA) is 30.5 Å². The molecule has 100 valence electrons. The summed E-state index contributed by atoms with van der Waals surface area (Å²) in [5, 5.41) is 3.57. The Labute approximate surface area is 109 Å². The second-order valence-electron chi connectivity index (χ2n) is 5.04. The maximum Gasteiger partial charge on any atom is 0.165 e. The Bertz CT molecular complexity index is 386. The molecule has 1 aliphatic rings. The minimum absolute atomic E-state index is 0.660. The summed E-state index contributed by atoms with van der Waals surface area (Å²) in [6.45, 7) is 5.80. The lowest BCUT2D eigenvalue weighted by Crippen LogP contribution is -2.39. The molecule has 0 saturated heterocycles. The molecular formula is C15H23NO2. The van der Waals surface area contributed by atoms with Gasteiger partial charge in [-0.2, -0.15) is 0 Å². The molecule has 1 saturated carbocycles. The summed E-state index contributed by atoms with van der Waals surface area (Å²) in [7, 11) is 1.70. The summed E-state index contributed by atoms with van der Waals surface area (Å²) < 4.78 is 11.0. The van der Waals surface area contributed by atoms with Gasteiger partial charge >= 0.3 is 0 Å². The van der Waals surface area contributed by atoms with Crippen LogP contribution in [-0.2, 0) is 6.54 Å². The van der Waals surface area contributed by atoms with E-state index in [-0.39, 0.29) is 0 Å². The second-order valence-corrected chi connectivity index (χ2v) is 5.04. The van der Waals surface area contributed by atoms with Gasteiger partial charge in [0.1, 0.15) is 0 Å². The lowest BCUT2D eigenvalue weighted by atomic mass is 9.82. The van der Waals surface area contributed by atoms with Gasteiger partial charge in [-0.1, -0.05) is 19.1 Å². The molecule has 0 atom stereocenters. The third-order valence-corrected chi connectivity index (χ3v) is 3.52. The Balaban J connectivity index is 2.00. The predicted molar refractivity (Wildman–Crippen MR) is 73.2 cm³/mol. The molecule has 0 bridgehead atoms. The number of para-hydroxylation sites is 1. The van der Waals surface area contributed by atoms with Crippen molar-refractivity contribution in [2.75, 3.05) is 13.7 Å². The van der Waals surface area contributed by atoms with E-state index >= 15 is 0 Å². The van der Waals surface area contributed by atoms with Gasteiger partial charge in [-0.25, -0.2) is 0 Å². The van der Waals surface area contributed by atoms with E-state index in [1.165, 1.54) is 18.4 Å². The zero-order valence-electron chi connectivity index (χ0n) is 11.5. The Morgan fingerprint density at radius 2 is 2.11 bits per heavy atom. The van der Waals surface area contributed by atoms with Gasteiger partial charge in [0.15, 0.2) is 11.5 Å². The van der Waals surface area contributed by atoms with E-state index in [2.05, 4.69) is 18.3 Å². The van der Waals surface area contributed by atoms with Crippen molar-refractivity contribution in [1.82, 2.24) is 5.32 Å². The highest BCUT2D eigenvalue weighted by Gasteiger charge is 2.24. The van der Waals surface area contributed by atoms with Crippen LogP contribution in [-0.4, -0.2) is 19.8 Å². The normalized spacial score (nSPS) is 22.4. The highest BCUT2D eigenvalue weighted by molar-refractivity contribution is 5.46. The van der Waals surface area contributed by atoms with E-state index in [1.54, 1.807) is 7.11 Å². The van der Waals surface area contributed by atoms with Crippen molar-refractivity contribution < 1.29 is 9.47 Å². The SMILES string of the molecule is CCOc1cccc(CNC2CC(C)C2)c1OC. The minimum Gasteiger partial charge on any atom is -0.493 e. The molecule has 1 N–H and O–H groups in total. The van der Waals surface area contributed by atoms with E-state index in [0.29, 0.717) is 12.6 Å². The number of rotatable bonds is 6. The molecule has 0 spiro atoms. The van der Waals surface area contributed by atoms with Crippen LogP contribution in [0.3, 0.4) is 0 Å². The van der Waals surface area contributed by atoms with Crippen molar-refractivity contribution in [3.63, 3.8) is 0 Å². The van der Waals surface area contributed by atoms with Crippen LogP contribution in [0.5, 0.6) is 11.5 Å². The Hall–Kier alpha value is -1.22. The van der Waals surface area contributed by atoms with Gasteiger partial charge in [-0.15, -0.1) is 0 Å². The summed E-state index contributed by atoms with van der Waals surface area (Å²) in [6, 6.07) is 6.74. The van der Waals surface area contributed by atoms with Gasteiger partial charge in [0.25, 0.3) is 0 Å². The fraction of sp³-hybridized carbons (Fsp3) is 0.600. The first-order valence-electron chi connectivity index (χ1n) is 6.76.